The Morgan fingerprint density at radius 3 is 2.55 bits per heavy atom. The third-order valence-corrected chi connectivity index (χ3v) is 5.65. The van der Waals surface area contributed by atoms with Gasteiger partial charge >= 0.3 is 0 Å². The van der Waals surface area contributed by atoms with Crippen LogP contribution in [-0.2, 0) is 22.6 Å². The summed E-state index contributed by atoms with van der Waals surface area (Å²) in [5.74, 6) is 0.882. The molecule has 1 amide bonds. The van der Waals surface area contributed by atoms with E-state index < -0.39 is 0 Å². The Labute approximate surface area is 175 Å². The fourth-order valence-corrected chi connectivity index (χ4v) is 3.92. The Hall–Kier alpha value is -2.13. The molecule has 0 unspecified atom stereocenters. The fourth-order valence-electron chi connectivity index (χ4n) is 3.04. The summed E-state index contributed by atoms with van der Waals surface area (Å²) in [6.07, 6.45) is 0. The summed E-state index contributed by atoms with van der Waals surface area (Å²) in [5, 5.41) is 12.1. The van der Waals surface area contributed by atoms with Crippen LogP contribution in [0.1, 0.15) is 26.3 Å². The molecule has 1 atom stereocenters. The normalized spacial score (nSPS) is 15.6. The highest BCUT2D eigenvalue weighted by Crippen LogP contribution is 2.27. The summed E-state index contributed by atoms with van der Waals surface area (Å²) in [4.78, 5) is 14.7. The fraction of sp³-hybridized carbons (Fsp3) is 0.550. The monoisotopic (exact) mass is 421 g/mol. The van der Waals surface area contributed by atoms with Gasteiger partial charge in [-0.1, -0.05) is 37.7 Å². The predicted octanol–water partition coefficient (Wildman–Crippen LogP) is 2.71. The van der Waals surface area contributed by atoms with Crippen molar-refractivity contribution in [3.63, 3.8) is 0 Å². The summed E-state index contributed by atoms with van der Waals surface area (Å²) in [6, 6.07) is 6.12. The van der Waals surface area contributed by atoms with E-state index >= 15 is 0 Å². The van der Waals surface area contributed by atoms with Crippen LogP contribution in [-0.4, -0.2) is 52.2 Å². The van der Waals surface area contributed by atoms with E-state index in [1.54, 1.807) is 12.1 Å². The Bertz CT molecular complexity index is 806. The first-order chi connectivity index (χ1) is 13.9. The number of nitrogens with one attached hydrogen (secondary N) is 1. The van der Waals surface area contributed by atoms with Gasteiger partial charge in [0.1, 0.15) is 5.82 Å². The highest BCUT2D eigenvalue weighted by atomic mass is 32.2. The molecule has 3 rings (SSSR count). The van der Waals surface area contributed by atoms with E-state index in [-0.39, 0.29) is 17.0 Å². The molecule has 0 radical (unpaired) electrons. The maximum atomic E-state index is 13.0. The number of nitrogens with zero attached hydrogens (tertiary/aromatic N) is 4. The van der Waals surface area contributed by atoms with Crippen molar-refractivity contribution in [2.75, 3.05) is 31.2 Å². The Morgan fingerprint density at radius 1 is 1.21 bits per heavy atom. The molecule has 1 aliphatic heterocycles. The molecular weight excluding hydrogens is 393 g/mol. The second-order valence-electron chi connectivity index (χ2n) is 7.49. The first-order valence-corrected chi connectivity index (χ1v) is 10.8. The Balaban J connectivity index is 1.65. The predicted molar refractivity (Wildman–Crippen MR) is 111 cm³/mol. The Kier molecular flexibility index (Phi) is 7.49. The summed E-state index contributed by atoms with van der Waals surface area (Å²) >= 11 is 1.40. The first-order valence-electron chi connectivity index (χ1n) is 9.88. The van der Waals surface area contributed by atoms with Crippen LogP contribution in [0.5, 0.6) is 0 Å². The average molecular weight is 422 g/mol. The number of ether oxygens (including phenoxy) is 1. The number of rotatable bonds is 8. The second kappa shape index (κ2) is 10.1. The van der Waals surface area contributed by atoms with Crippen molar-refractivity contribution in [1.82, 2.24) is 20.1 Å². The summed E-state index contributed by atoms with van der Waals surface area (Å²) in [6.45, 7) is 10.2. The highest BCUT2D eigenvalue weighted by Gasteiger charge is 2.24. The van der Waals surface area contributed by atoms with Gasteiger partial charge in [0, 0.05) is 26.2 Å². The lowest BCUT2D eigenvalue weighted by Gasteiger charge is -2.28. The van der Waals surface area contributed by atoms with Gasteiger partial charge in [0.15, 0.2) is 5.16 Å². The largest absolute Gasteiger partial charge is 0.378 e. The van der Waals surface area contributed by atoms with Gasteiger partial charge in [0.25, 0.3) is 0 Å². The molecule has 29 heavy (non-hydrogen) atoms. The molecular formula is C20H28FN5O2S. The molecule has 1 saturated heterocycles. The minimum absolute atomic E-state index is 0.0913. The number of morpholine rings is 1. The van der Waals surface area contributed by atoms with Crippen LogP contribution in [0.15, 0.2) is 29.4 Å². The van der Waals surface area contributed by atoms with Crippen LogP contribution >= 0.6 is 11.8 Å². The third kappa shape index (κ3) is 5.93. The average Bonchev–Trinajstić information content (AvgIpc) is 3.09. The van der Waals surface area contributed by atoms with E-state index in [9.17, 15) is 9.18 Å². The number of amides is 1. The zero-order valence-corrected chi connectivity index (χ0v) is 17.9. The van der Waals surface area contributed by atoms with E-state index in [0.29, 0.717) is 25.7 Å². The maximum absolute atomic E-state index is 13.0. The van der Waals surface area contributed by atoms with Gasteiger partial charge < -0.3 is 15.0 Å². The molecule has 2 heterocycles. The molecule has 9 heteroatoms. The molecule has 0 saturated carbocycles. The number of aromatic nitrogens is 3. The van der Waals surface area contributed by atoms with Crippen molar-refractivity contribution in [1.29, 1.82) is 0 Å². The van der Waals surface area contributed by atoms with Crippen LogP contribution in [0, 0.1) is 11.7 Å². The number of hydrogen-bond donors (Lipinski definition) is 1. The second-order valence-corrected chi connectivity index (χ2v) is 8.80. The van der Waals surface area contributed by atoms with Crippen LogP contribution in [0.2, 0.25) is 0 Å². The molecule has 1 fully saturated rings. The van der Waals surface area contributed by atoms with Crippen molar-refractivity contribution in [2.24, 2.45) is 5.92 Å². The topological polar surface area (TPSA) is 72.3 Å². The van der Waals surface area contributed by atoms with Gasteiger partial charge in [-0.05, 0) is 30.5 Å². The number of carbonyl (C=O) groups excluding carboxylic acids is 1. The van der Waals surface area contributed by atoms with Gasteiger partial charge in [0.05, 0.1) is 18.5 Å². The van der Waals surface area contributed by atoms with Crippen molar-refractivity contribution in [2.45, 2.75) is 44.3 Å². The molecule has 1 aromatic carbocycles. The lowest BCUT2D eigenvalue weighted by Crippen LogP contribution is -2.38. The number of anilines is 1. The van der Waals surface area contributed by atoms with Crippen molar-refractivity contribution in [3.05, 3.63) is 35.6 Å². The summed E-state index contributed by atoms with van der Waals surface area (Å²) in [7, 11) is 0. The number of benzene rings is 1. The third-order valence-electron chi connectivity index (χ3n) is 4.57. The van der Waals surface area contributed by atoms with E-state index in [1.165, 1.54) is 23.9 Å². The summed E-state index contributed by atoms with van der Waals surface area (Å²) < 4.78 is 20.5. The van der Waals surface area contributed by atoms with Crippen molar-refractivity contribution >= 4 is 23.6 Å². The molecule has 0 aliphatic carbocycles. The van der Waals surface area contributed by atoms with Crippen LogP contribution in [0.3, 0.4) is 0 Å². The molecule has 7 nitrogen and oxygen atoms in total. The molecule has 0 spiro atoms. The number of thioether (sulfide) groups is 1. The number of carbonyl (C=O) groups is 1. The van der Waals surface area contributed by atoms with E-state index in [4.69, 9.17) is 4.74 Å². The molecule has 0 bridgehead atoms. The van der Waals surface area contributed by atoms with E-state index in [0.717, 1.165) is 36.3 Å². The van der Waals surface area contributed by atoms with Gasteiger partial charge in [-0.25, -0.2) is 4.39 Å². The molecule has 1 aliphatic rings. The van der Waals surface area contributed by atoms with Crippen LogP contribution in [0.4, 0.5) is 10.3 Å². The quantitative estimate of drug-likeness (QED) is 0.661. The molecule has 2 aromatic rings. The Morgan fingerprint density at radius 2 is 1.90 bits per heavy atom. The lowest BCUT2D eigenvalue weighted by molar-refractivity contribution is -0.120. The smallest absolute Gasteiger partial charge is 0.233 e. The van der Waals surface area contributed by atoms with Gasteiger partial charge in [0.2, 0.25) is 11.9 Å². The summed E-state index contributed by atoms with van der Waals surface area (Å²) in [5.41, 5.74) is 0.856. The van der Waals surface area contributed by atoms with Crippen molar-refractivity contribution < 1.29 is 13.9 Å². The van der Waals surface area contributed by atoms with Gasteiger partial charge in [-0.3, -0.25) is 9.36 Å². The minimum Gasteiger partial charge on any atom is -0.378 e. The number of halogens is 1. The van der Waals surface area contributed by atoms with E-state index in [1.807, 2.05) is 6.92 Å². The lowest BCUT2D eigenvalue weighted by atomic mass is 10.2. The standard InChI is InChI=1S/C20H28FN5O2S/c1-14(2)13-26-19(25-8-10-28-11-9-25)23-24-20(26)29-15(3)18(27)22-12-16-4-6-17(21)7-5-16/h4-7,14-15H,8-13H2,1-3H3,(H,22,27)/t15-/m1/s1. The maximum Gasteiger partial charge on any atom is 0.233 e. The zero-order valence-electron chi connectivity index (χ0n) is 17.1. The molecule has 158 valence electrons. The van der Waals surface area contributed by atoms with Crippen LogP contribution < -0.4 is 10.2 Å². The first kappa shape index (κ1) is 21.6. The van der Waals surface area contributed by atoms with Gasteiger partial charge in [-0.2, -0.15) is 0 Å². The van der Waals surface area contributed by atoms with Crippen LogP contribution in [0.25, 0.3) is 0 Å². The zero-order chi connectivity index (χ0) is 20.8. The van der Waals surface area contributed by atoms with Gasteiger partial charge in [-0.15, -0.1) is 10.2 Å². The number of hydrogen-bond acceptors (Lipinski definition) is 6. The molecule has 1 aromatic heterocycles. The van der Waals surface area contributed by atoms with Crippen molar-refractivity contribution in [3.8, 4) is 0 Å². The van der Waals surface area contributed by atoms with E-state index in [2.05, 4.69) is 38.8 Å². The SMILES string of the molecule is CC(C)Cn1c(S[C@H](C)C(=O)NCc2ccc(F)cc2)nnc1N1CCOCC1. The minimum atomic E-state index is -0.330. The molecule has 1 N–H and O–H groups in total. The highest BCUT2D eigenvalue weighted by molar-refractivity contribution is 8.00.